The van der Waals surface area contributed by atoms with Crippen LogP contribution in [0.25, 0.3) is 11.0 Å². The van der Waals surface area contributed by atoms with Gasteiger partial charge in [0.15, 0.2) is 5.76 Å². The second-order valence-electron chi connectivity index (χ2n) is 6.54. The number of hydrogen-bond donors (Lipinski definition) is 1. The monoisotopic (exact) mass is 347 g/mol. The van der Waals surface area contributed by atoms with E-state index in [0.29, 0.717) is 11.3 Å². The lowest BCUT2D eigenvalue weighted by molar-refractivity contribution is 0.0929. The average molecular weight is 347 g/mol. The first-order valence-electron chi connectivity index (χ1n) is 8.89. The summed E-state index contributed by atoms with van der Waals surface area (Å²) >= 11 is 0. The molecule has 132 valence electrons. The Morgan fingerprint density at radius 3 is 2.58 bits per heavy atom. The molecule has 1 aromatic heterocycles. The van der Waals surface area contributed by atoms with Gasteiger partial charge in [0.1, 0.15) is 5.58 Å². The van der Waals surface area contributed by atoms with E-state index in [2.05, 4.69) is 27.6 Å². The van der Waals surface area contributed by atoms with Gasteiger partial charge in [-0.1, -0.05) is 30.3 Å². The molecule has 5 heteroatoms. The fourth-order valence-electron chi connectivity index (χ4n) is 3.35. The van der Waals surface area contributed by atoms with Crippen molar-refractivity contribution < 1.29 is 9.21 Å². The van der Waals surface area contributed by atoms with Crippen LogP contribution < -0.4 is 10.3 Å². The molecule has 0 saturated carbocycles. The van der Waals surface area contributed by atoms with Crippen LogP contribution in [0.1, 0.15) is 34.5 Å². The van der Waals surface area contributed by atoms with Crippen LogP contribution in [0, 0.1) is 6.92 Å². The molecule has 0 atom stereocenters. The van der Waals surface area contributed by atoms with Crippen LogP contribution in [0.3, 0.4) is 0 Å². The molecule has 0 bridgehead atoms. The van der Waals surface area contributed by atoms with Crippen molar-refractivity contribution in [2.45, 2.75) is 19.8 Å². The molecular formula is C21H21N3O2. The normalized spacial score (nSPS) is 14.4. The van der Waals surface area contributed by atoms with Gasteiger partial charge in [0.2, 0.25) is 0 Å². The fourth-order valence-corrected chi connectivity index (χ4v) is 3.35. The first-order valence-corrected chi connectivity index (χ1v) is 8.89. The third-order valence-electron chi connectivity index (χ3n) is 4.79. The molecule has 26 heavy (non-hydrogen) atoms. The second-order valence-corrected chi connectivity index (χ2v) is 6.54. The lowest BCUT2D eigenvalue weighted by atomic mass is 10.1. The fraction of sp³-hybridized carbons (Fsp3) is 0.238. The highest BCUT2D eigenvalue weighted by atomic mass is 16.3. The van der Waals surface area contributed by atoms with Crippen molar-refractivity contribution >= 4 is 28.8 Å². The molecule has 5 nitrogen and oxygen atoms in total. The van der Waals surface area contributed by atoms with Gasteiger partial charge >= 0.3 is 5.91 Å². The molecule has 0 spiro atoms. The maximum atomic E-state index is 12.3. The Bertz CT molecular complexity index is 951. The van der Waals surface area contributed by atoms with E-state index < -0.39 is 0 Å². The van der Waals surface area contributed by atoms with Gasteiger partial charge in [-0.05, 0) is 43.5 Å². The number of hydrogen-bond acceptors (Lipinski definition) is 4. The summed E-state index contributed by atoms with van der Waals surface area (Å²) < 4.78 is 5.64. The molecule has 1 amide bonds. The number of rotatable bonds is 4. The van der Waals surface area contributed by atoms with Gasteiger partial charge < -0.3 is 9.32 Å². The number of fused-ring (bicyclic) bond motifs is 1. The number of amides is 1. The molecule has 1 aliphatic heterocycles. The van der Waals surface area contributed by atoms with Crippen LogP contribution >= 0.6 is 0 Å². The van der Waals surface area contributed by atoms with Crippen LogP contribution in [-0.2, 0) is 0 Å². The molecule has 1 fully saturated rings. The van der Waals surface area contributed by atoms with Crippen molar-refractivity contribution in [1.29, 1.82) is 0 Å². The Morgan fingerprint density at radius 2 is 1.85 bits per heavy atom. The topological polar surface area (TPSA) is 57.8 Å². The van der Waals surface area contributed by atoms with Crippen LogP contribution in [0.4, 0.5) is 5.69 Å². The maximum Gasteiger partial charge on any atom is 0.307 e. The Balaban J connectivity index is 1.42. The van der Waals surface area contributed by atoms with E-state index in [4.69, 9.17) is 4.42 Å². The summed E-state index contributed by atoms with van der Waals surface area (Å²) in [5, 5.41) is 5.00. The maximum absolute atomic E-state index is 12.3. The highest BCUT2D eigenvalue weighted by molar-refractivity contribution is 5.99. The summed E-state index contributed by atoms with van der Waals surface area (Å²) in [7, 11) is 0. The van der Waals surface area contributed by atoms with E-state index in [1.807, 2.05) is 43.3 Å². The van der Waals surface area contributed by atoms with E-state index in [0.717, 1.165) is 29.6 Å². The summed E-state index contributed by atoms with van der Waals surface area (Å²) in [6.07, 6.45) is 4.16. The summed E-state index contributed by atoms with van der Waals surface area (Å²) in [6, 6.07) is 15.8. The molecule has 1 aliphatic rings. The first kappa shape index (κ1) is 16.4. The summed E-state index contributed by atoms with van der Waals surface area (Å²) in [6.45, 7) is 4.13. The van der Waals surface area contributed by atoms with Crippen molar-refractivity contribution in [3.05, 3.63) is 65.4 Å². The number of benzene rings is 2. The number of carbonyl (C=O) groups excluding carboxylic acids is 1. The Morgan fingerprint density at radius 1 is 1.12 bits per heavy atom. The van der Waals surface area contributed by atoms with Gasteiger partial charge in [-0.25, -0.2) is 5.43 Å². The Hall–Kier alpha value is -3.08. The number of para-hydroxylation sites is 1. The largest absolute Gasteiger partial charge is 0.451 e. The molecular weight excluding hydrogens is 326 g/mol. The van der Waals surface area contributed by atoms with Crippen molar-refractivity contribution in [3.8, 4) is 0 Å². The number of anilines is 1. The minimum atomic E-state index is -0.344. The number of hydrazone groups is 1. The van der Waals surface area contributed by atoms with Crippen LogP contribution in [0.5, 0.6) is 0 Å². The second kappa shape index (κ2) is 7.04. The van der Waals surface area contributed by atoms with E-state index in [9.17, 15) is 4.79 Å². The summed E-state index contributed by atoms with van der Waals surface area (Å²) in [5.41, 5.74) is 6.25. The zero-order chi connectivity index (χ0) is 17.9. The third-order valence-corrected chi connectivity index (χ3v) is 4.79. The third kappa shape index (κ3) is 3.20. The predicted molar refractivity (Wildman–Crippen MR) is 104 cm³/mol. The quantitative estimate of drug-likeness (QED) is 0.571. The van der Waals surface area contributed by atoms with Gasteiger partial charge in [0.25, 0.3) is 0 Å². The van der Waals surface area contributed by atoms with Crippen molar-refractivity contribution in [3.63, 3.8) is 0 Å². The summed E-state index contributed by atoms with van der Waals surface area (Å²) in [4.78, 5) is 14.7. The van der Waals surface area contributed by atoms with Crippen LogP contribution in [-0.4, -0.2) is 25.2 Å². The van der Waals surface area contributed by atoms with Crippen molar-refractivity contribution in [2.24, 2.45) is 5.10 Å². The van der Waals surface area contributed by atoms with E-state index >= 15 is 0 Å². The zero-order valence-corrected chi connectivity index (χ0v) is 14.7. The van der Waals surface area contributed by atoms with Crippen molar-refractivity contribution in [2.75, 3.05) is 18.0 Å². The first-order chi connectivity index (χ1) is 12.7. The molecule has 0 unspecified atom stereocenters. The Kier molecular flexibility index (Phi) is 4.44. The number of nitrogens with one attached hydrogen (secondary N) is 1. The molecule has 0 aliphatic carbocycles. The minimum Gasteiger partial charge on any atom is -0.451 e. The molecule has 0 radical (unpaired) electrons. The number of furan rings is 1. The SMILES string of the molecule is Cc1c(C(=O)N/N=C/c2ccc(N3CCCC3)cc2)oc2ccccc12. The average Bonchev–Trinajstić information content (AvgIpc) is 3.31. The van der Waals surface area contributed by atoms with Crippen LogP contribution in [0.15, 0.2) is 58.0 Å². The predicted octanol–water partition coefficient (Wildman–Crippen LogP) is 4.11. The Labute approximate surface area is 152 Å². The highest BCUT2D eigenvalue weighted by Crippen LogP contribution is 2.24. The molecule has 2 aromatic carbocycles. The van der Waals surface area contributed by atoms with E-state index in [1.54, 1.807) is 6.21 Å². The molecule has 1 N–H and O–H groups in total. The molecule has 1 saturated heterocycles. The van der Waals surface area contributed by atoms with E-state index in [1.165, 1.54) is 18.5 Å². The van der Waals surface area contributed by atoms with E-state index in [-0.39, 0.29) is 5.91 Å². The van der Waals surface area contributed by atoms with Crippen molar-refractivity contribution in [1.82, 2.24) is 5.43 Å². The smallest absolute Gasteiger partial charge is 0.307 e. The van der Waals surface area contributed by atoms with Gasteiger partial charge in [0, 0.05) is 29.7 Å². The lowest BCUT2D eigenvalue weighted by Gasteiger charge is -2.17. The standard InChI is InChI=1S/C21H21N3O2/c1-15-18-6-2-3-7-19(18)26-20(15)21(25)23-22-14-16-8-10-17(11-9-16)24-12-4-5-13-24/h2-3,6-11,14H,4-5,12-13H2,1H3,(H,23,25)/b22-14+. The number of carbonyl (C=O) groups is 1. The molecule has 3 aromatic rings. The van der Waals surface area contributed by atoms with Gasteiger partial charge in [0.05, 0.1) is 6.21 Å². The van der Waals surface area contributed by atoms with Gasteiger partial charge in [-0.15, -0.1) is 0 Å². The number of nitrogens with zero attached hydrogens (tertiary/aromatic N) is 2. The highest BCUT2D eigenvalue weighted by Gasteiger charge is 2.16. The zero-order valence-electron chi connectivity index (χ0n) is 14.7. The minimum absolute atomic E-state index is 0.299. The summed E-state index contributed by atoms with van der Waals surface area (Å²) in [5.74, 6) is -0.0450. The van der Waals surface area contributed by atoms with Crippen LogP contribution in [0.2, 0.25) is 0 Å². The number of aryl methyl sites for hydroxylation is 1. The molecule has 2 heterocycles. The van der Waals surface area contributed by atoms with Gasteiger partial charge in [-0.2, -0.15) is 5.10 Å². The molecule has 4 rings (SSSR count). The van der Waals surface area contributed by atoms with Gasteiger partial charge in [-0.3, -0.25) is 4.79 Å². The lowest BCUT2D eigenvalue weighted by Crippen LogP contribution is -2.18.